The molecule has 0 aliphatic rings. The van der Waals surface area contributed by atoms with Gasteiger partial charge in [0, 0.05) is 20.7 Å². The van der Waals surface area contributed by atoms with Crippen molar-refractivity contribution >= 4 is 18.3 Å². The van der Waals surface area contributed by atoms with E-state index in [0.717, 1.165) is 5.56 Å². The van der Waals surface area contributed by atoms with Gasteiger partial charge in [0.2, 0.25) is 5.91 Å². The fraction of sp³-hybridized carbons (Fsp3) is 0.462. The van der Waals surface area contributed by atoms with E-state index in [0.29, 0.717) is 6.54 Å². The van der Waals surface area contributed by atoms with Crippen molar-refractivity contribution in [3.8, 4) is 0 Å². The summed E-state index contributed by atoms with van der Waals surface area (Å²) >= 11 is 0. The van der Waals surface area contributed by atoms with E-state index in [-0.39, 0.29) is 24.9 Å². The monoisotopic (exact) mass is 272 g/mol. The Morgan fingerprint density at radius 2 is 2.17 bits per heavy atom. The minimum atomic E-state index is -0.588. The Kier molecular flexibility index (Phi) is 7.59. The van der Waals surface area contributed by atoms with Crippen LogP contribution in [0.25, 0.3) is 0 Å². The summed E-state index contributed by atoms with van der Waals surface area (Å²) in [6, 6.07) is 7.49. The van der Waals surface area contributed by atoms with E-state index in [2.05, 4.69) is 6.07 Å². The molecule has 102 valence electrons. The zero-order valence-electron chi connectivity index (χ0n) is 11.1. The normalized spacial score (nSPS) is 11.6. The molecule has 18 heavy (non-hydrogen) atoms. The molecule has 0 aromatic heterocycles. The molecule has 1 atom stereocenters. The fourth-order valence-corrected chi connectivity index (χ4v) is 1.70. The Morgan fingerprint density at radius 3 is 2.72 bits per heavy atom. The molecule has 1 aromatic rings. The van der Waals surface area contributed by atoms with Crippen molar-refractivity contribution in [1.29, 1.82) is 0 Å². The van der Waals surface area contributed by atoms with Crippen molar-refractivity contribution in [2.24, 2.45) is 5.73 Å². The lowest BCUT2D eigenvalue weighted by Gasteiger charge is -2.21. The maximum Gasteiger partial charge on any atom is 0.241 e. The molecule has 1 amide bonds. The highest BCUT2D eigenvalue weighted by Crippen LogP contribution is 2.07. The number of carbonyl (C=O) groups is 1. The van der Waals surface area contributed by atoms with Gasteiger partial charge in [0.1, 0.15) is 6.04 Å². The van der Waals surface area contributed by atoms with Gasteiger partial charge in [-0.1, -0.05) is 29.8 Å². The van der Waals surface area contributed by atoms with Gasteiger partial charge in [0.25, 0.3) is 0 Å². The predicted molar refractivity (Wildman–Crippen MR) is 74.8 cm³/mol. The molecular formula is C13H21ClN2O2. The fourth-order valence-electron chi connectivity index (χ4n) is 1.70. The lowest BCUT2D eigenvalue weighted by atomic mass is 10.1. The van der Waals surface area contributed by atoms with Crippen LogP contribution in [0.5, 0.6) is 0 Å². The standard InChI is InChI=1S/C13H20N2O2.ClH/c1-10-5-4-6-11(7-10)8-15(2)13(16)12(14)9-17-3;/h4-7,12H,8-9,14H2,1-3H3;1H. The minimum absolute atomic E-state index is 0. The Bertz CT molecular complexity index is 385. The number of methoxy groups -OCH3 is 1. The van der Waals surface area contributed by atoms with Crippen molar-refractivity contribution < 1.29 is 9.53 Å². The number of hydrogen-bond donors (Lipinski definition) is 1. The van der Waals surface area contributed by atoms with Crippen LogP contribution in [0.3, 0.4) is 0 Å². The first-order chi connectivity index (χ1) is 8.04. The third-order valence-electron chi connectivity index (χ3n) is 2.54. The summed E-state index contributed by atoms with van der Waals surface area (Å²) < 4.78 is 4.87. The van der Waals surface area contributed by atoms with E-state index < -0.39 is 6.04 Å². The van der Waals surface area contributed by atoms with Gasteiger partial charge < -0.3 is 15.4 Å². The van der Waals surface area contributed by atoms with Crippen LogP contribution in [0.1, 0.15) is 11.1 Å². The number of amides is 1. The Morgan fingerprint density at radius 1 is 1.50 bits per heavy atom. The Labute approximate surface area is 115 Å². The number of carbonyl (C=O) groups excluding carboxylic acids is 1. The van der Waals surface area contributed by atoms with Crippen LogP contribution in [0.2, 0.25) is 0 Å². The van der Waals surface area contributed by atoms with Crippen LogP contribution in [-0.2, 0) is 16.1 Å². The quantitative estimate of drug-likeness (QED) is 0.880. The summed E-state index contributed by atoms with van der Waals surface area (Å²) in [7, 11) is 3.29. The molecule has 0 heterocycles. The molecule has 0 saturated heterocycles. The molecule has 0 aliphatic heterocycles. The van der Waals surface area contributed by atoms with Gasteiger partial charge in [-0.3, -0.25) is 4.79 Å². The number of aryl methyl sites for hydroxylation is 1. The zero-order valence-corrected chi connectivity index (χ0v) is 11.9. The number of hydrogen-bond acceptors (Lipinski definition) is 3. The summed E-state index contributed by atoms with van der Waals surface area (Å²) in [5.41, 5.74) is 7.98. The maximum absolute atomic E-state index is 11.8. The van der Waals surface area contributed by atoms with Crippen molar-refractivity contribution in [1.82, 2.24) is 4.90 Å². The van der Waals surface area contributed by atoms with Crippen LogP contribution in [0.15, 0.2) is 24.3 Å². The highest BCUT2D eigenvalue weighted by atomic mass is 35.5. The molecule has 0 radical (unpaired) electrons. The molecule has 1 rings (SSSR count). The molecule has 2 N–H and O–H groups in total. The largest absolute Gasteiger partial charge is 0.383 e. The lowest BCUT2D eigenvalue weighted by Crippen LogP contribution is -2.44. The Hall–Kier alpha value is -1.10. The Balaban J connectivity index is 0.00000289. The van der Waals surface area contributed by atoms with Crippen LogP contribution in [0, 0.1) is 6.92 Å². The molecule has 1 unspecified atom stereocenters. The SMILES string of the molecule is COCC(N)C(=O)N(C)Cc1cccc(C)c1.Cl. The lowest BCUT2D eigenvalue weighted by molar-refractivity contribution is -0.132. The van der Waals surface area contributed by atoms with E-state index in [1.165, 1.54) is 12.7 Å². The molecule has 0 bridgehead atoms. The second kappa shape index (κ2) is 8.08. The number of ether oxygens (including phenoxy) is 1. The summed E-state index contributed by atoms with van der Waals surface area (Å²) in [5.74, 6) is -0.103. The molecule has 1 aromatic carbocycles. The van der Waals surface area contributed by atoms with Crippen LogP contribution in [0.4, 0.5) is 0 Å². The van der Waals surface area contributed by atoms with Crippen LogP contribution < -0.4 is 5.73 Å². The van der Waals surface area contributed by atoms with Gasteiger partial charge in [0.15, 0.2) is 0 Å². The number of benzene rings is 1. The first-order valence-electron chi connectivity index (χ1n) is 5.59. The smallest absolute Gasteiger partial charge is 0.241 e. The molecule has 0 aliphatic carbocycles. The first kappa shape index (κ1) is 16.9. The van der Waals surface area contributed by atoms with Crippen molar-refractivity contribution in [3.63, 3.8) is 0 Å². The average molecular weight is 273 g/mol. The average Bonchev–Trinajstić information content (AvgIpc) is 2.28. The summed E-state index contributed by atoms with van der Waals surface area (Å²) in [4.78, 5) is 13.5. The van der Waals surface area contributed by atoms with Gasteiger partial charge in [-0.25, -0.2) is 0 Å². The summed E-state index contributed by atoms with van der Waals surface area (Å²) in [6.45, 7) is 2.84. The van der Waals surface area contributed by atoms with Gasteiger partial charge in [-0.05, 0) is 12.5 Å². The van der Waals surface area contributed by atoms with E-state index >= 15 is 0 Å². The van der Waals surface area contributed by atoms with E-state index in [1.54, 1.807) is 11.9 Å². The number of halogens is 1. The molecular weight excluding hydrogens is 252 g/mol. The van der Waals surface area contributed by atoms with Gasteiger partial charge in [-0.2, -0.15) is 0 Å². The van der Waals surface area contributed by atoms with Crippen LogP contribution >= 0.6 is 12.4 Å². The third-order valence-corrected chi connectivity index (χ3v) is 2.54. The zero-order chi connectivity index (χ0) is 12.8. The van der Waals surface area contributed by atoms with Gasteiger partial charge in [0.05, 0.1) is 6.61 Å². The second-order valence-electron chi connectivity index (χ2n) is 4.25. The maximum atomic E-state index is 11.8. The summed E-state index contributed by atoms with van der Waals surface area (Å²) in [5, 5.41) is 0. The van der Waals surface area contributed by atoms with E-state index in [1.807, 2.05) is 25.1 Å². The molecule has 0 saturated carbocycles. The number of nitrogens with two attached hydrogens (primary N) is 1. The van der Waals surface area contributed by atoms with Crippen molar-refractivity contribution in [2.75, 3.05) is 20.8 Å². The van der Waals surface area contributed by atoms with E-state index in [9.17, 15) is 4.79 Å². The van der Waals surface area contributed by atoms with E-state index in [4.69, 9.17) is 10.5 Å². The van der Waals surface area contributed by atoms with Crippen LogP contribution in [-0.4, -0.2) is 37.6 Å². The van der Waals surface area contributed by atoms with Gasteiger partial charge in [-0.15, -0.1) is 12.4 Å². The molecule has 4 nitrogen and oxygen atoms in total. The highest BCUT2D eigenvalue weighted by molar-refractivity contribution is 5.85. The molecule has 0 spiro atoms. The van der Waals surface area contributed by atoms with Crippen molar-refractivity contribution in [3.05, 3.63) is 35.4 Å². The number of likely N-dealkylation sites (N-methyl/N-ethyl adjacent to an activating group) is 1. The topological polar surface area (TPSA) is 55.6 Å². The summed E-state index contributed by atoms with van der Waals surface area (Å²) in [6.07, 6.45) is 0. The number of nitrogens with zero attached hydrogens (tertiary/aromatic N) is 1. The van der Waals surface area contributed by atoms with Gasteiger partial charge >= 0.3 is 0 Å². The minimum Gasteiger partial charge on any atom is -0.383 e. The third kappa shape index (κ3) is 5.04. The first-order valence-corrected chi connectivity index (χ1v) is 5.59. The molecule has 0 fully saturated rings. The molecule has 5 heteroatoms. The van der Waals surface area contributed by atoms with Crippen molar-refractivity contribution in [2.45, 2.75) is 19.5 Å². The predicted octanol–water partition coefficient (Wildman–Crippen LogP) is 1.35. The second-order valence-corrected chi connectivity index (χ2v) is 4.25. The highest BCUT2D eigenvalue weighted by Gasteiger charge is 2.17. The number of rotatable bonds is 5.